The van der Waals surface area contributed by atoms with Crippen molar-refractivity contribution in [3.8, 4) is 0 Å². The maximum atomic E-state index is 11.9. The van der Waals surface area contributed by atoms with Gasteiger partial charge in [0.05, 0.1) is 24.1 Å². The number of hydrogen-bond acceptors (Lipinski definition) is 3. The molecule has 0 heterocycles. The Bertz CT molecular complexity index is 658. The van der Waals surface area contributed by atoms with Gasteiger partial charge in [0.25, 0.3) is 0 Å². The number of nitrogens with zero attached hydrogens (tertiary/aromatic N) is 2. The van der Waals surface area contributed by atoms with Crippen LogP contribution in [0.25, 0.3) is 0 Å². The maximum absolute atomic E-state index is 11.9. The number of rotatable bonds is 10. The van der Waals surface area contributed by atoms with Crippen LogP contribution in [0.4, 0.5) is 10.1 Å². The SMILES string of the molecule is C/C(=C\N(C/C=C/CC/C=C/F)N(C=O)c1ccc(Br)cc1)C(=O)O.CC. The van der Waals surface area contributed by atoms with E-state index in [2.05, 4.69) is 15.9 Å². The first kappa shape index (κ1) is 24.6. The number of amides is 1. The van der Waals surface area contributed by atoms with Gasteiger partial charge in [-0.2, -0.15) is 0 Å². The van der Waals surface area contributed by atoms with Crippen LogP contribution in [0.2, 0.25) is 0 Å². The number of carbonyl (C=O) groups is 2. The quantitative estimate of drug-likeness (QED) is 0.172. The van der Waals surface area contributed by atoms with Crippen LogP contribution in [0.3, 0.4) is 0 Å². The third-order valence-electron chi connectivity index (χ3n) is 3.20. The van der Waals surface area contributed by atoms with E-state index in [1.165, 1.54) is 29.2 Å². The van der Waals surface area contributed by atoms with Crippen molar-refractivity contribution < 1.29 is 19.1 Å². The molecule has 0 aliphatic rings. The fraction of sp³-hybridized carbons (Fsp3) is 0.300. The smallest absolute Gasteiger partial charge is 0.332 e. The third kappa shape index (κ3) is 9.75. The molecule has 0 aromatic heterocycles. The molecule has 0 aliphatic carbocycles. The summed E-state index contributed by atoms with van der Waals surface area (Å²) in [5.41, 5.74) is 0.694. The van der Waals surface area contributed by atoms with E-state index in [1.54, 1.807) is 30.3 Å². The topological polar surface area (TPSA) is 60.9 Å². The first-order valence-electron chi connectivity index (χ1n) is 8.58. The highest BCUT2D eigenvalue weighted by Crippen LogP contribution is 2.19. The van der Waals surface area contributed by atoms with Crippen LogP contribution in [-0.2, 0) is 9.59 Å². The molecule has 0 radical (unpaired) electrons. The van der Waals surface area contributed by atoms with E-state index in [-0.39, 0.29) is 5.57 Å². The van der Waals surface area contributed by atoms with E-state index >= 15 is 0 Å². The van der Waals surface area contributed by atoms with Crippen molar-refractivity contribution in [2.45, 2.75) is 33.6 Å². The van der Waals surface area contributed by atoms with E-state index < -0.39 is 5.97 Å². The minimum absolute atomic E-state index is 0.0951. The van der Waals surface area contributed by atoms with E-state index in [1.807, 2.05) is 19.9 Å². The molecular weight excluding hydrogens is 415 g/mol. The Hall–Kier alpha value is -2.41. The fourth-order valence-electron chi connectivity index (χ4n) is 1.90. The second-order valence-electron chi connectivity index (χ2n) is 5.08. The summed E-state index contributed by atoms with van der Waals surface area (Å²) in [6.45, 7) is 5.74. The lowest BCUT2D eigenvalue weighted by molar-refractivity contribution is -0.132. The highest BCUT2D eigenvalue weighted by molar-refractivity contribution is 9.10. The predicted molar refractivity (Wildman–Crippen MR) is 111 cm³/mol. The summed E-state index contributed by atoms with van der Waals surface area (Å²) in [4.78, 5) is 22.7. The van der Waals surface area contributed by atoms with Gasteiger partial charge in [0.15, 0.2) is 0 Å². The molecule has 0 unspecified atom stereocenters. The molecule has 1 N–H and O–H groups in total. The lowest BCUT2D eigenvalue weighted by atomic mass is 10.3. The van der Waals surface area contributed by atoms with E-state index in [9.17, 15) is 14.0 Å². The Balaban J connectivity index is 0.00000326. The largest absolute Gasteiger partial charge is 0.478 e. The average molecular weight is 441 g/mol. The molecule has 1 amide bonds. The summed E-state index contributed by atoms with van der Waals surface area (Å²) in [5, 5.41) is 11.9. The van der Waals surface area contributed by atoms with Gasteiger partial charge in [0.2, 0.25) is 6.41 Å². The molecule has 0 spiro atoms. The monoisotopic (exact) mass is 440 g/mol. The molecule has 1 rings (SSSR count). The molecular formula is C20H26BrFN2O3. The van der Waals surface area contributed by atoms with Crippen LogP contribution in [0.15, 0.2) is 65.1 Å². The maximum Gasteiger partial charge on any atom is 0.332 e. The number of halogens is 2. The van der Waals surface area contributed by atoms with Gasteiger partial charge < -0.3 is 5.11 Å². The Morgan fingerprint density at radius 3 is 2.26 bits per heavy atom. The van der Waals surface area contributed by atoms with Crippen molar-refractivity contribution in [2.75, 3.05) is 11.6 Å². The molecule has 27 heavy (non-hydrogen) atoms. The molecule has 0 aliphatic heterocycles. The van der Waals surface area contributed by atoms with Gasteiger partial charge in [-0.15, -0.1) is 0 Å². The van der Waals surface area contributed by atoms with Crippen LogP contribution in [-0.4, -0.2) is 29.0 Å². The molecule has 148 valence electrons. The standard InChI is InChI=1S/C18H20BrFN2O3.C2H6/c1-15(18(24)25)13-21(12-6-4-2-3-5-11-20)22(14-23)17-9-7-16(19)8-10-17;1-2/h4-11,13-14H,2-3,12H2,1H3,(H,24,25);1-2H3/b6-4+,11-5+,15-13+;. The van der Waals surface area contributed by atoms with Crippen molar-refractivity contribution in [1.29, 1.82) is 0 Å². The predicted octanol–water partition coefficient (Wildman–Crippen LogP) is 5.46. The molecule has 0 fully saturated rings. The van der Waals surface area contributed by atoms with Gasteiger partial charge in [-0.1, -0.05) is 48.0 Å². The van der Waals surface area contributed by atoms with Crippen molar-refractivity contribution in [2.24, 2.45) is 0 Å². The average Bonchev–Trinajstić information content (AvgIpc) is 2.67. The minimum atomic E-state index is -1.07. The van der Waals surface area contributed by atoms with E-state index in [0.717, 1.165) is 4.47 Å². The number of carboxylic acids is 1. The molecule has 1 aromatic carbocycles. The number of carbonyl (C=O) groups excluding carboxylic acids is 1. The Morgan fingerprint density at radius 2 is 1.74 bits per heavy atom. The van der Waals surface area contributed by atoms with Crippen molar-refractivity contribution in [1.82, 2.24) is 5.01 Å². The number of aliphatic carboxylic acids is 1. The molecule has 7 heteroatoms. The number of benzene rings is 1. The number of hydrazine groups is 1. The summed E-state index contributed by atoms with van der Waals surface area (Å²) in [6, 6.07) is 7.06. The van der Waals surface area contributed by atoms with Crippen molar-refractivity contribution in [3.05, 3.63) is 65.1 Å². The van der Waals surface area contributed by atoms with Gasteiger partial charge in [-0.25, -0.2) is 14.2 Å². The zero-order valence-electron chi connectivity index (χ0n) is 15.8. The van der Waals surface area contributed by atoms with Gasteiger partial charge >= 0.3 is 5.97 Å². The molecule has 0 saturated heterocycles. The number of hydrogen-bond donors (Lipinski definition) is 1. The summed E-state index contributed by atoms with van der Waals surface area (Å²) in [6.07, 6.45) is 8.79. The highest BCUT2D eigenvalue weighted by Gasteiger charge is 2.13. The van der Waals surface area contributed by atoms with Crippen molar-refractivity contribution in [3.63, 3.8) is 0 Å². The van der Waals surface area contributed by atoms with Crippen LogP contribution in [0, 0.1) is 0 Å². The zero-order valence-corrected chi connectivity index (χ0v) is 17.4. The Labute approximate surface area is 168 Å². The number of allylic oxidation sites excluding steroid dienone is 2. The van der Waals surface area contributed by atoms with Crippen LogP contribution >= 0.6 is 15.9 Å². The molecule has 5 nitrogen and oxygen atoms in total. The zero-order chi connectivity index (χ0) is 20.7. The summed E-state index contributed by atoms with van der Waals surface area (Å²) >= 11 is 3.33. The molecule has 0 saturated carbocycles. The summed E-state index contributed by atoms with van der Waals surface area (Å²) in [7, 11) is 0. The summed E-state index contributed by atoms with van der Waals surface area (Å²) in [5.74, 6) is -1.07. The second kappa shape index (κ2) is 14.7. The first-order valence-corrected chi connectivity index (χ1v) is 9.37. The van der Waals surface area contributed by atoms with Gasteiger partial charge in [0, 0.05) is 10.7 Å². The van der Waals surface area contributed by atoms with Gasteiger partial charge in [0.1, 0.15) is 0 Å². The number of carboxylic acid groups (broad SMARTS) is 1. The molecule has 1 aromatic rings. The fourth-order valence-corrected chi connectivity index (χ4v) is 2.17. The Morgan fingerprint density at radius 1 is 1.15 bits per heavy atom. The van der Waals surface area contributed by atoms with E-state index in [4.69, 9.17) is 5.11 Å². The molecule has 0 atom stereocenters. The lowest BCUT2D eigenvalue weighted by Gasteiger charge is -2.30. The normalized spacial score (nSPS) is 11.2. The number of unbranched alkanes of at least 4 members (excludes halogenated alkanes) is 1. The lowest BCUT2D eigenvalue weighted by Crippen LogP contribution is -2.38. The van der Waals surface area contributed by atoms with Crippen LogP contribution in [0.1, 0.15) is 33.6 Å². The first-order chi connectivity index (χ1) is 13.0. The van der Waals surface area contributed by atoms with Crippen molar-refractivity contribution >= 4 is 34.0 Å². The van der Waals surface area contributed by atoms with Crippen LogP contribution in [0.5, 0.6) is 0 Å². The highest BCUT2D eigenvalue weighted by atomic mass is 79.9. The Kier molecular flexibility index (Phi) is 13.4. The second-order valence-corrected chi connectivity index (χ2v) is 5.99. The third-order valence-corrected chi connectivity index (χ3v) is 3.72. The minimum Gasteiger partial charge on any atom is -0.478 e. The molecule has 0 bridgehead atoms. The summed E-state index contributed by atoms with van der Waals surface area (Å²) < 4.78 is 12.8. The van der Waals surface area contributed by atoms with Gasteiger partial charge in [-0.05, 0) is 44.0 Å². The van der Waals surface area contributed by atoms with Gasteiger partial charge in [-0.3, -0.25) is 9.80 Å². The van der Waals surface area contributed by atoms with Crippen LogP contribution < -0.4 is 5.01 Å². The van der Waals surface area contributed by atoms with E-state index in [0.29, 0.717) is 37.8 Å². The number of anilines is 1.